The van der Waals surface area contributed by atoms with Gasteiger partial charge in [0.15, 0.2) is 0 Å². The monoisotopic (exact) mass is 413 g/mol. The van der Waals surface area contributed by atoms with Gasteiger partial charge in [-0.3, -0.25) is 4.99 Å². The Labute approximate surface area is 180 Å². The van der Waals surface area contributed by atoms with E-state index in [-0.39, 0.29) is 5.82 Å². The minimum Gasteiger partial charge on any atom is -0.366 e. The first-order chi connectivity index (χ1) is 15.1. The Bertz CT molecular complexity index is 1270. The topological polar surface area (TPSA) is 45.5 Å². The molecule has 0 unspecified atom stereocenters. The number of rotatable bonds is 5. The first kappa shape index (κ1) is 19.3. The van der Waals surface area contributed by atoms with Gasteiger partial charge in [-0.1, -0.05) is 48.5 Å². The molecule has 5 nitrogen and oxygen atoms in total. The highest BCUT2D eigenvalue weighted by Gasteiger charge is 2.15. The van der Waals surface area contributed by atoms with Gasteiger partial charge in [0, 0.05) is 31.8 Å². The van der Waals surface area contributed by atoms with Gasteiger partial charge in [0.05, 0.1) is 12.2 Å². The number of aromatic nitrogens is 2. The zero-order chi connectivity index (χ0) is 21.4. The molecule has 0 radical (unpaired) electrons. The van der Waals surface area contributed by atoms with Crippen LogP contribution in [0.1, 0.15) is 16.8 Å². The summed E-state index contributed by atoms with van der Waals surface area (Å²) in [5, 5.41) is 9.80. The van der Waals surface area contributed by atoms with E-state index in [1.807, 2.05) is 43.3 Å². The zero-order valence-electron chi connectivity index (χ0n) is 17.6. The van der Waals surface area contributed by atoms with Gasteiger partial charge in [0.2, 0.25) is 0 Å². The maximum Gasteiger partial charge on any atom is 0.149 e. The molecule has 0 fully saturated rings. The lowest BCUT2D eigenvalue weighted by Gasteiger charge is -2.14. The van der Waals surface area contributed by atoms with Crippen molar-refractivity contribution >= 4 is 22.4 Å². The Balaban J connectivity index is 1.39. The number of benzene rings is 3. The van der Waals surface area contributed by atoms with Crippen LogP contribution in [0, 0.1) is 12.7 Å². The highest BCUT2D eigenvalue weighted by molar-refractivity contribution is 5.99. The number of likely N-dealkylation sites (N-methyl/N-ethyl adjacent to an activating group) is 1. The van der Waals surface area contributed by atoms with Crippen LogP contribution in [-0.2, 0) is 6.54 Å². The van der Waals surface area contributed by atoms with Crippen molar-refractivity contribution < 1.29 is 4.39 Å². The van der Waals surface area contributed by atoms with Crippen molar-refractivity contribution in [2.24, 2.45) is 4.99 Å². The summed E-state index contributed by atoms with van der Waals surface area (Å²) >= 11 is 0. The fourth-order valence-corrected chi connectivity index (χ4v) is 3.98. The number of nitrogens with one attached hydrogen (secondary N) is 1. The summed E-state index contributed by atoms with van der Waals surface area (Å²) in [6, 6.07) is 21.5. The molecule has 1 aliphatic heterocycles. The quantitative estimate of drug-likeness (QED) is 0.512. The first-order valence-corrected chi connectivity index (χ1v) is 10.4. The summed E-state index contributed by atoms with van der Waals surface area (Å²) in [6.07, 6.45) is 0. The summed E-state index contributed by atoms with van der Waals surface area (Å²) in [5.41, 5.74) is 3.52. The van der Waals surface area contributed by atoms with Crippen molar-refractivity contribution in [1.29, 1.82) is 0 Å². The molecule has 0 bridgehead atoms. The predicted molar refractivity (Wildman–Crippen MR) is 124 cm³/mol. The third kappa shape index (κ3) is 3.77. The Hall–Kier alpha value is -3.67. The number of halogens is 1. The average Bonchev–Trinajstić information content (AvgIpc) is 3.37. The molecule has 6 heteroatoms. The first-order valence-electron chi connectivity index (χ1n) is 10.4. The minimum absolute atomic E-state index is 0.296. The minimum atomic E-state index is -0.296. The molecule has 0 saturated carbocycles. The lowest BCUT2D eigenvalue weighted by atomic mass is 10.1. The standard InChI is InChI=1S/C25H24FN5/c1-17-13-24(28-16-18-7-9-19(10-8-18)25-27-11-12-30(25)2)31(29-17)23-15-21-6-4-3-5-20(21)14-22(23)26/h3-10,13-15,28H,11-12,16H2,1-2H3. The molecule has 0 spiro atoms. The fourth-order valence-electron chi connectivity index (χ4n) is 3.98. The maximum absolute atomic E-state index is 14.9. The second-order valence-electron chi connectivity index (χ2n) is 7.91. The van der Waals surface area contributed by atoms with Crippen LogP contribution >= 0.6 is 0 Å². The summed E-state index contributed by atoms with van der Waals surface area (Å²) in [6.45, 7) is 4.34. The van der Waals surface area contributed by atoms with Crippen LogP contribution in [0.25, 0.3) is 16.5 Å². The van der Waals surface area contributed by atoms with E-state index < -0.39 is 0 Å². The number of hydrogen-bond acceptors (Lipinski definition) is 4. The van der Waals surface area contributed by atoms with Crippen molar-refractivity contribution in [3.05, 3.63) is 89.4 Å². The van der Waals surface area contributed by atoms with Crippen molar-refractivity contribution in [2.45, 2.75) is 13.5 Å². The molecule has 1 N–H and O–H groups in total. The van der Waals surface area contributed by atoms with Crippen LogP contribution in [0.4, 0.5) is 10.2 Å². The molecule has 2 heterocycles. The molecule has 4 aromatic rings. The third-order valence-corrected chi connectivity index (χ3v) is 5.62. The molecule has 31 heavy (non-hydrogen) atoms. The predicted octanol–water partition coefficient (Wildman–Crippen LogP) is 4.78. The molecule has 0 amide bonds. The fraction of sp³-hybridized carbons (Fsp3) is 0.200. The van der Waals surface area contributed by atoms with Crippen LogP contribution in [0.2, 0.25) is 0 Å². The number of aryl methyl sites for hydroxylation is 1. The molecule has 3 aromatic carbocycles. The highest BCUT2D eigenvalue weighted by atomic mass is 19.1. The molecule has 1 aliphatic rings. The zero-order valence-corrected chi connectivity index (χ0v) is 17.6. The molecule has 0 aliphatic carbocycles. The average molecular weight is 414 g/mol. The van der Waals surface area contributed by atoms with Gasteiger partial charge in [-0.15, -0.1) is 0 Å². The Morgan fingerprint density at radius 3 is 2.45 bits per heavy atom. The molecule has 0 atom stereocenters. The molecule has 156 valence electrons. The number of aliphatic imine (C=N–C) groups is 1. The Kier molecular flexibility index (Phi) is 4.90. The molecular weight excluding hydrogens is 389 g/mol. The van der Waals surface area contributed by atoms with Crippen molar-refractivity contribution in [1.82, 2.24) is 14.7 Å². The smallest absolute Gasteiger partial charge is 0.149 e. The van der Waals surface area contributed by atoms with E-state index in [0.29, 0.717) is 12.2 Å². The van der Waals surface area contributed by atoms with E-state index in [0.717, 1.165) is 52.3 Å². The largest absolute Gasteiger partial charge is 0.366 e. The van der Waals surface area contributed by atoms with Gasteiger partial charge in [0.1, 0.15) is 23.2 Å². The molecule has 0 saturated heterocycles. The van der Waals surface area contributed by atoms with Gasteiger partial charge >= 0.3 is 0 Å². The van der Waals surface area contributed by atoms with Gasteiger partial charge in [-0.05, 0) is 35.4 Å². The van der Waals surface area contributed by atoms with Crippen LogP contribution < -0.4 is 5.32 Å². The summed E-state index contributed by atoms with van der Waals surface area (Å²) in [7, 11) is 2.07. The van der Waals surface area contributed by atoms with Crippen LogP contribution in [0.15, 0.2) is 71.7 Å². The number of anilines is 1. The van der Waals surface area contributed by atoms with Crippen LogP contribution in [0.5, 0.6) is 0 Å². The van der Waals surface area contributed by atoms with Crippen molar-refractivity contribution in [3.8, 4) is 5.69 Å². The summed E-state index contributed by atoms with van der Waals surface area (Å²) in [4.78, 5) is 6.74. The van der Waals surface area contributed by atoms with E-state index >= 15 is 0 Å². The highest BCUT2D eigenvalue weighted by Crippen LogP contribution is 2.25. The number of amidine groups is 1. The SMILES string of the molecule is Cc1cc(NCc2ccc(C3=NCCN3C)cc2)n(-c2cc3ccccc3cc2F)n1. The molecular formula is C25H24FN5. The van der Waals surface area contributed by atoms with E-state index in [1.165, 1.54) is 0 Å². The molecule has 5 rings (SSSR count). The molecule has 1 aromatic heterocycles. The summed E-state index contributed by atoms with van der Waals surface area (Å²) < 4.78 is 16.5. The van der Waals surface area contributed by atoms with Gasteiger partial charge in [-0.25, -0.2) is 9.07 Å². The summed E-state index contributed by atoms with van der Waals surface area (Å²) in [5.74, 6) is 1.51. The van der Waals surface area contributed by atoms with Crippen LogP contribution in [0.3, 0.4) is 0 Å². The number of nitrogens with zero attached hydrogens (tertiary/aromatic N) is 4. The van der Waals surface area contributed by atoms with Gasteiger partial charge in [-0.2, -0.15) is 5.10 Å². The van der Waals surface area contributed by atoms with Gasteiger partial charge in [0.25, 0.3) is 0 Å². The second-order valence-corrected chi connectivity index (χ2v) is 7.91. The normalized spacial score (nSPS) is 13.6. The third-order valence-electron chi connectivity index (χ3n) is 5.62. The van der Waals surface area contributed by atoms with E-state index in [9.17, 15) is 4.39 Å². The maximum atomic E-state index is 14.9. The van der Waals surface area contributed by atoms with E-state index in [1.54, 1.807) is 10.7 Å². The Morgan fingerprint density at radius 2 is 1.74 bits per heavy atom. The van der Waals surface area contributed by atoms with Gasteiger partial charge < -0.3 is 10.2 Å². The lowest BCUT2D eigenvalue weighted by molar-refractivity contribution is 0.557. The Morgan fingerprint density at radius 1 is 1.00 bits per heavy atom. The lowest BCUT2D eigenvalue weighted by Crippen LogP contribution is -2.23. The van der Waals surface area contributed by atoms with Crippen LogP contribution in [-0.4, -0.2) is 40.7 Å². The van der Waals surface area contributed by atoms with Crippen molar-refractivity contribution in [2.75, 3.05) is 25.5 Å². The number of hydrogen-bond donors (Lipinski definition) is 1. The van der Waals surface area contributed by atoms with E-state index in [2.05, 4.69) is 51.6 Å². The van der Waals surface area contributed by atoms with E-state index in [4.69, 9.17) is 0 Å². The number of fused-ring (bicyclic) bond motifs is 1. The second kappa shape index (κ2) is 7.87. The van der Waals surface area contributed by atoms with Crippen molar-refractivity contribution in [3.63, 3.8) is 0 Å².